The Labute approximate surface area is 177 Å². The molecule has 0 saturated carbocycles. The van der Waals surface area contributed by atoms with Gasteiger partial charge in [0.25, 0.3) is 0 Å². The average Bonchev–Trinajstić information content (AvgIpc) is 2.93. The topological polar surface area (TPSA) is 0 Å². The summed E-state index contributed by atoms with van der Waals surface area (Å²) in [5, 5.41) is 4.69. The molecular weight excluding hydrogens is 364 g/mol. The molecule has 0 aromatic heterocycles. The summed E-state index contributed by atoms with van der Waals surface area (Å²) in [6.07, 6.45) is 0. The molecule has 1 atom stereocenters. The van der Waals surface area contributed by atoms with Crippen LogP contribution in [-0.2, 0) is 0 Å². The van der Waals surface area contributed by atoms with Crippen LogP contribution in [0, 0.1) is 19.8 Å². The quantitative estimate of drug-likeness (QED) is 0.504. The first-order chi connectivity index (χ1) is 14.0. The van der Waals surface area contributed by atoms with Crippen LogP contribution in [0.25, 0.3) is 5.57 Å². The Morgan fingerprint density at radius 2 is 1.10 bits per heavy atom. The van der Waals surface area contributed by atoms with Gasteiger partial charge in [-0.25, -0.2) is 0 Å². The van der Waals surface area contributed by atoms with E-state index in [1.807, 2.05) is 0 Å². The van der Waals surface area contributed by atoms with Gasteiger partial charge in [0.2, 0.25) is 0 Å². The highest BCUT2D eigenvalue weighted by atomic mass is 28.3. The number of hydrogen-bond donors (Lipinski definition) is 0. The van der Waals surface area contributed by atoms with E-state index >= 15 is 0 Å². The molecule has 0 amide bonds. The van der Waals surface area contributed by atoms with Crippen molar-refractivity contribution >= 4 is 24.7 Å². The molecule has 0 aliphatic heterocycles. The zero-order valence-corrected chi connectivity index (χ0v) is 19.3. The predicted molar refractivity (Wildman–Crippen MR) is 130 cm³/mol. The Kier molecular flexibility index (Phi) is 5.43. The highest BCUT2D eigenvalue weighted by Gasteiger charge is 2.34. The molecule has 146 valence electrons. The molecule has 4 rings (SSSR count). The molecule has 1 heteroatoms. The summed E-state index contributed by atoms with van der Waals surface area (Å²) in [6.45, 7) is 11.5. The van der Waals surface area contributed by atoms with Crippen molar-refractivity contribution in [3.05, 3.63) is 112 Å². The minimum absolute atomic E-state index is 0.452. The van der Waals surface area contributed by atoms with E-state index < -0.39 is 8.80 Å². The van der Waals surface area contributed by atoms with Crippen molar-refractivity contribution in [3.8, 4) is 0 Å². The van der Waals surface area contributed by atoms with Crippen LogP contribution in [0.5, 0.6) is 0 Å². The minimum atomic E-state index is -1.51. The van der Waals surface area contributed by atoms with Gasteiger partial charge in [0, 0.05) is 5.92 Å². The van der Waals surface area contributed by atoms with E-state index in [9.17, 15) is 0 Å². The number of aryl methyl sites for hydroxylation is 2. The largest absolute Gasteiger partial charge is 0.129 e. The van der Waals surface area contributed by atoms with E-state index in [2.05, 4.69) is 113 Å². The third-order valence-corrected chi connectivity index (χ3v) is 10.1. The molecule has 0 spiro atoms. The number of hydrogen-bond acceptors (Lipinski definition) is 0. The molecular formula is C28H30Si. The number of rotatable bonds is 4. The van der Waals surface area contributed by atoms with Gasteiger partial charge in [0.1, 0.15) is 8.80 Å². The van der Waals surface area contributed by atoms with E-state index in [4.69, 9.17) is 0 Å². The normalized spacial score (nSPS) is 16.8. The molecule has 3 aromatic carbocycles. The SMILES string of the molecule is CC1=C(c2cc(C)cc(C)c2)C(C)C([SiH](c2ccccc2)c2ccccc2)=C1C. The molecule has 1 aliphatic carbocycles. The monoisotopic (exact) mass is 394 g/mol. The second kappa shape index (κ2) is 8.00. The van der Waals surface area contributed by atoms with Crippen LogP contribution in [0.3, 0.4) is 0 Å². The molecule has 1 unspecified atom stereocenters. The smallest absolute Gasteiger partial charge is 0.0640 e. The van der Waals surface area contributed by atoms with Crippen molar-refractivity contribution in [1.82, 2.24) is 0 Å². The fraction of sp³-hybridized carbons (Fsp3) is 0.214. The Hall–Kier alpha value is -2.64. The van der Waals surface area contributed by atoms with Crippen molar-refractivity contribution < 1.29 is 0 Å². The predicted octanol–water partition coefficient (Wildman–Crippen LogP) is 5.62. The lowest BCUT2D eigenvalue weighted by atomic mass is 9.92. The maximum atomic E-state index is 2.42. The molecule has 1 aliphatic rings. The van der Waals surface area contributed by atoms with Crippen LogP contribution in [0.4, 0.5) is 0 Å². The van der Waals surface area contributed by atoms with E-state index in [0.717, 1.165) is 0 Å². The van der Waals surface area contributed by atoms with Crippen LogP contribution < -0.4 is 10.4 Å². The summed E-state index contributed by atoms with van der Waals surface area (Å²) >= 11 is 0. The van der Waals surface area contributed by atoms with Crippen molar-refractivity contribution in [2.45, 2.75) is 34.6 Å². The molecule has 0 heterocycles. The van der Waals surface area contributed by atoms with Crippen molar-refractivity contribution in [1.29, 1.82) is 0 Å². The van der Waals surface area contributed by atoms with Gasteiger partial charge in [-0.3, -0.25) is 0 Å². The van der Waals surface area contributed by atoms with Gasteiger partial charge >= 0.3 is 0 Å². The molecule has 0 bridgehead atoms. The highest BCUT2D eigenvalue weighted by molar-refractivity contribution is 6.91. The van der Waals surface area contributed by atoms with Gasteiger partial charge in [-0.1, -0.05) is 118 Å². The fourth-order valence-corrected chi connectivity index (χ4v) is 8.76. The first-order valence-electron chi connectivity index (χ1n) is 10.6. The molecule has 0 N–H and O–H groups in total. The highest BCUT2D eigenvalue weighted by Crippen LogP contribution is 2.43. The third-order valence-electron chi connectivity index (χ3n) is 6.41. The van der Waals surface area contributed by atoms with Gasteiger partial charge in [-0.15, -0.1) is 0 Å². The average molecular weight is 395 g/mol. The van der Waals surface area contributed by atoms with Gasteiger partial charge in [0.15, 0.2) is 0 Å². The second-order valence-corrected chi connectivity index (χ2v) is 11.3. The third kappa shape index (κ3) is 3.67. The Morgan fingerprint density at radius 3 is 1.59 bits per heavy atom. The fourth-order valence-electron chi connectivity index (χ4n) is 5.13. The Balaban J connectivity index is 1.85. The molecule has 0 nitrogen and oxygen atoms in total. The number of allylic oxidation sites excluding steroid dienone is 4. The molecule has 0 fully saturated rings. The van der Waals surface area contributed by atoms with E-state index in [1.165, 1.54) is 43.8 Å². The zero-order valence-electron chi connectivity index (χ0n) is 18.2. The van der Waals surface area contributed by atoms with Crippen molar-refractivity contribution in [3.63, 3.8) is 0 Å². The van der Waals surface area contributed by atoms with Crippen LogP contribution in [0.15, 0.2) is 95.2 Å². The lowest BCUT2D eigenvalue weighted by Gasteiger charge is -2.25. The summed E-state index contributed by atoms with van der Waals surface area (Å²) in [4.78, 5) is 0. The summed E-state index contributed by atoms with van der Waals surface area (Å²) in [6, 6.07) is 29.4. The zero-order chi connectivity index (χ0) is 20.5. The molecule has 3 aromatic rings. The van der Waals surface area contributed by atoms with Crippen molar-refractivity contribution in [2.75, 3.05) is 0 Å². The van der Waals surface area contributed by atoms with E-state index in [-0.39, 0.29) is 0 Å². The Morgan fingerprint density at radius 1 is 0.621 bits per heavy atom. The lowest BCUT2D eigenvalue weighted by Crippen LogP contribution is -2.45. The van der Waals surface area contributed by atoms with Crippen LogP contribution >= 0.6 is 0 Å². The first-order valence-corrected chi connectivity index (χ1v) is 12.3. The summed E-state index contributed by atoms with van der Waals surface area (Å²) < 4.78 is 0. The summed E-state index contributed by atoms with van der Waals surface area (Å²) in [5.41, 5.74) is 8.60. The molecule has 29 heavy (non-hydrogen) atoms. The van der Waals surface area contributed by atoms with Gasteiger partial charge in [-0.2, -0.15) is 0 Å². The van der Waals surface area contributed by atoms with E-state index in [0.29, 0.717) is 5.92 Å². The standard InChI is InChI=1S/C28H30Si/c1-19-16-20(2)18-24(17-19)27-21(3)22(4)28(23(27)5)29(25-12-8-6-9-13-25)26-14-10-7-11-15-26/h6-18,23,29H,1-5H3. The van der Waals surface area contributed by atoms with E-state index in [1.54, 1.807) is 5.20 Å². The maximum Gasteiger partial charge on any atom is 0.129 e. The second-order valence-electron chi connectivity index (χ2n) is 8.47. The van der Waals surface area contributed by atoms with Crippen LogP contribution in [0.2, 0.25) is 0 Å². The van der Waals surface area contributed by atoms with Gasteiger partial charge in [-0.05, 0) is 44.4 Å². The Bertz CT molecular complexity index is 1030. The first kappa shape index (κ1) is 19.7. The summed E-state index contributed by atoms with van der Waals surface area (Å²) in [5.74, 6) is 0.452. The van der Waals surface area contributed by atoms with Gasteiger partial charge < -0.3 is 0 Å². The summed E-state index contributed by atoms with van der Waals surface area (Å²) in [7, 11) is -1.51. The number of benzene rings is 3. The molecule has 0 radical (unpaired) electrons. The lowest BCUT2D eigenvalue weighted by molar-refractivity contribution is 0.947. The van der Waals surface area contributed by atoms with Crippen molar-refractivity contribution in [2.24, 2.45) is 5.92 Å². The molecule has 0 saturated heterocycles. The maximum absolute atomic E-state index is 2.42. The minimum Gasteiger partial charge on any atom is -0.0640 e. The van der Waals surface area contributed by atoms with Crippen LogP contribution in [-0.4, -0.2) is 8.80 Å². The van der Waals surface area contributed by atoms with Crippen LogP contribution in [0.1, 0.15) is 37.5 Å². The van der Waals surface area contributed by atoms with Gasteiger partial charge in [0.05, 0.1) is 0 Å².